The molecule has 0 spiro atoms. The van der Waals surface area contributed by atoms with Crippen LogP contribution in [0.15, 0.2) is 0 Å². The van der Waals surface area contributed by atoms with E-state index < -0.39 is 60.9 Å². The molecule has 2 fully saturated rings. The van der Waals surface area contributed by atoms with Crippen molar-refractivity contribution in [3.05, 3.63) is 0 Å². The van der Waals surface area contributed by atoms with E-state index in [9.17, 15) is 35.7 Å². The van der Waals surface area contributed by atoms with Gasteiger partial charge in [-0.1, -0.05) is 6.92 Å². The van der Waals surface area contributed by atoms with E-state index in [1.54, 1.807) is 0 Å². The van der Waals surface area contributed by atoms with Gasteiger partial charge in [-0.05, 0) is 18.8 Å². The third-order valence-electron chi connectivity index (χ3n) is 5.30. The zero-order valence-corrected chi connectivity index (χ0v) is 13.0. The van der Waals surface area contributed by atoms with Gasteiger partial charge in [0.1, 0.15) is 17.8 Å². The summed E-state index contributed by atoms with van der Waals surface area (Å²) in [5, 5.41) is 72.4. The van der Waals surface area contributed by atoms with Crippen LogP contribution in [0.25, 0.3) is 0 Å². The Balaban J connectivity index is 2.14. The quantitative estimate of drug-likeness (QED) is 0.246. The van der Waals surface area contributed by atoms with Crippen molar-refractivity contribution in [1.29, 1.82) is 0 Å². The van der Waals surface area contributed by atoms with Gasteiger partial charge in [0, 0.05) is 18.1 Å². The summed E-state index contributed by atoms with van der Waals surface area (Å²) in [6, 6.07) is -2.06. The first-order chi connectivity index (χ1) is 10.6. The molecule has 2 saturated carbocycles. The lowest BCUT2D eigenvalue weighted by atomic mass is 9.74. The summed E-state index contributed by atoms with van der Waals surface area (Å²) in [7, 11) is 0. The first-order valence-electron chi connectivity index (χ1n) is 7.87. The number of hydrogen-bond acceptors (Lipinski definition) is 9. The van der Waals surface area contributed by atoms with E-state index in [0.29, 0.717) is 6.42 Å². The molecular formula is C14H28N2O7. The van der Waals surface area contributed by atoms with E-state index in [2.05, 4.69) is 5.32 Å². The number of hydrogen-bond donors (Lipinski definition) is 9. The minimum atomic E-state index is -1.96. The monoisotopic (exact) mass is 336 g/mol. The van der Waals surface area contributed by atoms with Crippen molar-refractivity contribution in [1.82, 2.24) is 5.32 Å². The second-order valence-corrected chi connectivity index (χ2v) is 7.05. The van der Waals surface area contributed by atoms with Gasteiger partial charge in [-0.3, -0.25) is 0 Å². The van der Waals surface area contributed by atoms with Crippen LogP contribution in [-0.4, -0.2) is 96.6 Å². The molecule has 0 aromatic rings. The topological polar surface area (TPSA) is 180 Å². The molecule has 0 aromatic heterocycles. The van der Waals surface area contributed by atoms with Crippen LogP contribution in [0.5, 0.6) is 0 Å². The van der Waals surface area contributed by atoms with Gasteiger partial charge >= 0.3 is 0 Å². The summed E-state index contributed by atoms with van der Waals surface area (Å²) in [6.45, 7) is 1.04. The smallest absolute Gasteiger partial charge is 0.118 e. The maximum atomic E-state index is 10.2. The Morgan fingerprint density at radius 1 is 1.04 bits per heavy atom. The van der Waals surface area contributed by atoms with E-state index in [0.717, 1.165) is 0 Å². The molecular weight excluding hydrogens is 308 g/mol. The zero-order chi connectivity index (χ0) is 17.5. The lowest BCUT2D eigenvalue weighted by molar-refractivity contribution is -0.209. The Hall–Kier alpha value is -0.360. The molecule has 136 valence electrons. The fourth-order valence-corrected chi connectivity index (χ4v) is 3.71. The summed E-state index contributed by atoms with van der Waals surface area (Å²) in [4.78, 5) is 0. The molecule has 9 heteroatoms. The van der Waals surface area contributed by atoms with E-state index >= 15 is 0 Å². The molecule has 0 aliphatic heterocycles. The molecule has 0 bridgehead atoms. The van der Waals surface area contributed by atoms with E-state index in [1.807, 2.05) is 6.92 Å². The molecule has 10 atom stereocenters. The molecule has 2 rings (SSSR count). The third-order valence-corrected chi connectivity index (χ3v) is 5.30. The molecule has 10 N–H and O–H groups in total. The highest BCUT2D eigenvalue weighted by atomic mass is 16.4. The summed E-state index contributed by atoms with van der Waals surface area (Å²) in [6.07, 6.45) is -6.81. The van der Waals surface area contributed by atoms with Gasteiger partial charge in [0.15, 0.2) is 0 Å². The van der Waals surface area contributed by atoms with Crippen LogP contribution in [0.2, 0.25) is 0 Å². The summed E-state index contributed by atoms with van der Waals surface area (Å²) >= 11 is 0. The van der Waals surface area contributed by atoms with Gasteiger partial charge in [-0.2, -0.15) is 0 Å². The molecule has 0 radical (unpaired) electrons. The Morgan fingerprint density at radius 2 is 1.65 bits per heavy atom. The Kier molecular flexibility index (Phi) is 5.66. The average Bonchev–Trinajstić information content (AvgIpc) is 2.52. The van der Waals surface area contributed by atoms with Crippen LogP contribution in [0.3, 0.4) is 0 Å². The average molecular weight is 336 g/mol. The number of aliphatic hydroxyl groups is 7. The summed E-state index contributed by atoms with van der Waals surface area (Å²) in [5.41, 5.74) is 3.79. The van der Waals surface area contributed by atoms with Gasteiger partial charge in [0.25, 0.3) is 0 Å². The fourth-order valence-electron chi connectivity index (χ4n) is 3.71. The van der Waals surface area contributed by atoms with Crippen molar-refractivity contribution in [2.24, 2.45) is 11.7 Å². The van der Waals surface area contributed by atoms with Gasteiger partial charge in [-0.25, -0.2) is 0 Å². The third kappa shape index (κ3) is 3.39. The SMILES string of the molecule is C[C@H]1C[C@H](N)[C@H](O)[C@@H](O)[C@H]1N[C@H]1C[C@](O)(CO)[C@@H](O)[C@H](O)[C@H]1O. The second kappa shape index (κ2) is 6.87. The van der Waals surface area contributed by atoms with Crippen LogP contribution in [0, 0.1) is 5.92 Å². The van der Waals surface area contributed by atoms with E-state index in [4.69, 9.17) is 5.73 Å². The number of nitrogens with one attached hydrogen (secondary N) is 1. The summed E-state index contributed by atoms with van der Waals surface area (Å²) < 4.78 is 0. The first kappa shape index (κ1) is 19.0. The van der Waals surface area contributed by atoms with Gasteiger partial charge in [-0.15, -0.1) is 0 Å². The maximum absolute atomic E-state index is 10.2. The lowest BCUT2D eigenvalue weighted by Gasteiger charge is -2.48. The van der Waals surface area contributed by atoms with Crippen LogP contribution >= 0.6 is 0 Å². The van der Waals surface area contributed by atoms with Crippen molar-refractivity contribution in [2.75, 3.05) is 6.61 Å². The maximum Gasteiger partial charge on any atom is 0.118 e. The Bertz CT molecular complexity index is 415. The Labute approximate surface area is 134 Å². The highest BCUT2D eigenvalue weighted by molar-refractivity contribution is 5.07. The molecule has 0 aromatic carbocycles. The lowest BCUT2D eigenvalue weighted by Crippen LogP contribution is -2.70. The van der Waals surface area contributed by atoms with Crippen molar-refractivity contribution in [3.63, 3.8) is 0 Å². The van der Waals surface area contributed by atoms with Crippen LogP contribution in [0.4, 0.5) is 0 Å². The molecule has 9 nitrogen and oxygen atoms in total. The van der Waals surface area contributed by atoms with E-state index in [-0.39, 0.29) is 12.3 Å². The molecule has 0 heterocycles. The normalized spacial score (nSPS) is 54.9. The number of rotatable bonds is 3. The van der Waals surface area contributed by atoms with Crippen LogP contribution in [0.1, 0.15) is 19.8 Å². The predicted molar refractivity (Wildman–Crippen MR) is 79.2 cm³/mol. The largest absolute Gasteiger partial charge is 0.393 e. The van der Waals surface area contributed by atoms with Gasteiger partial charge in [0.2, 0.25) is 0 Å². The minimum absolute atomic E-state index is 0.123. The number of nitrogens with two attached hydrogens (primary N) is 1. The molecule has 0 amide bonds. The van der Waals surface area contributed by atoms with Gasteiger partial charge < -0.3 is 46.8 Å². The highest BCUT2D eigenvalue weighted by Crippen LogP contribution is 2.32. The second-order valence-electron chi connectivity index (χ2n) is 7.05. The molecule has 23 heavy (non-hydrogen) atoms. The fraction of sp³-hybridized carbons (Fsp3) is 1.00. The molecule has 2 aliphatic rings. The van der Waals surface area contributed by atoms with E-state index in [1.165, 1.54) is 0 Å². The number of aliphatic hydroxyl groups excluding tert-OH is 6. The summed E-state index contributed by atoms with van der Waals surface area (Å²) in [5.74, 6) is -0.123. The van der Waals surface area contributed by atoms with Crippen molar-refractivity contribution in [3.8, 4) is 0 Å². The minimum Gasteiger partial charge on any atom is -0.393 e. The molecule has 0 saturated heterocycles. The van der Waals surface area contributed by atoms with Gasteiger partial charge in [0.05, 0.1) is 24.9 Å². The van der Waals surface area contributed by atoms with Crippen LogP contribution < -0.4 is 11.1 Å². The molecule has 0 unspecified atom stereocenters. The first-order valence-corrected chi connectivity index (χ1v) is 7.87. The standard InChI is InChI=1S/C14H28N2O7/c1-5-2-6(15)9(18)11(20)8(5)16-7-3-14(23,4-17)13(22)12(21)10(7)19/h5-13,16-23H,2-4,15H2,1H3/t5-,6-,7-,8-,9-,10-,11-,12+,13-,14-/m0/s1. The predicted octanol–water partition coefficient (Wildman–Crippen LogP) is -4.39. The zero-order valence-electron chi connectivity index (χ0n) is 13.0. The van der Waals surface area contributed by atoms with Crippen molar-refractivity contribution < 1.29 is 35.7 Å². The van der Waals surface area contributed by atoms with Crippen molar-refractivity contribution in [2.45, 2.75) is 74.0 Å². The highest BCUT2D eigenvalue weighted by Gasteiger charge is 2.52. The van der Waals surface area contributed by atoms with Crippen LogP contribution in [-0.2, 0) is 0 Å². The molecule has 2 aliphatic carbocycles. The van der Waals surface area contributed by atoms with Crippen molar-refractivity contribution >= 4 is 0 Å². The Morgan fingerprint density at radius 3 is 2.22 bits per heavy atom.